The highest BCUT2D eigenvalue weighted by atomic mass is 79.9. The highest BCUT2D eigenvalue weighted by Crippen LogP contribution is 2.36. The number of nitro groups is 1. The minimum absolute atomic E-state index is 0.107. The average Bonchev–Trinajstić information content (AvgIpc) is 2.88. The van der Waals surface area contributed by atoms with E-state index in [0.29, 0.717) is 13.0 Å². The topological polar surface area (TPSA) is 69.9 Å². The zero-order valence-electron chi connectivity index (χ0n) is 18.7. The van der Waals surface area contributed by atoms with Crippen molar-refractivity contribution in [2.45, 2.75) is 12.0 Å². The van der Waals surface area contributed by atoms with Gasteiger partial charge in [0.05, 0.1) is 11.5 Å². The zero-order valence-corrected chi connectivity index (χ0v) is 20.3. The fraction of sp³-hybridized carbons (Fsp3) is 0.259. The molecule has 3 aromatic carbocycles. The molecule has 1 aliphatic heterocycles. The third-order valence-electron chi connectivity index (χ3n) is 6.14. The number of nitro benzene ring substituents is 1. The van der Waals surface area contributed by atoms with E-state index >= 15 is 0 Å². The van der Waals surface area contributed by atoms with Gasteiger partial charge in [-0.25, -0.2) is 0 Å². The van der Waals surface area contributed by atoms with Gasteiger partial charge in [0.15, 0.2) is 0 Å². The van der Waals surface area contributed by atoms with Crippen LogP contribution in [0.15, 0.2) is 83.3 Å². The molecule has 1 saturated heterocycles. The number of anilines is 1. The van der Waals surface area contributed by atoms with Crippen LogP contribution in [-0.4, -0.2) is 47.7 Å². The lowest BCUT2D eigenvalue weighted by molar-refractivity contribution is -0.384. The molecule has 3 aromatic rings. The van der Waals surface area contributed by atoms with Gasteiger partial charge in [-0.1, -0.05) is 76.3 Å². The lowest BCUT2D eigenvalue weighted by atomic mass is 9.84. The summed E-state index contributed by atoms with van der Waals surface area (Å²) in [4.78, 5) is 15.0. The van der Waals surface area contributed by atoms with Crippen molar-refractivity contribution in [1.29, 1.82) is 0 Å². The molecule has 4 rings (SSSR count). The van der Waals surface area contributed by atoms with Crippen LogP contribution in [-0.2, 0) is 5.60 Å². The van der Waals surface area contributed by atoms with Crippen molar-refractivity contribution in [3.05, 3.63) is 105 Å². The van der Waals surface area contributed by atoms with Crippen molar-refractivity contribution >= 4 is 27.3 Å². The first-order valence-corrected chi connectivity index (χ1v) is 12.0. The summed E-state index contributed by atoms with van der Waals surface area (Å²) in [5.41, 5.74) is 1.51. The molecule has 0 amide bonds. The summed E-state index contributed by atoms with van der Waals surface area (Å²) in [6.45, 7) is 4.03. The van der Waals surface area contributed by atoms with Gasteiger partial charge in [0, 0.05) is 60.5 Å². The highest BCUT2D eigenvalue weighted by molar-refractivity contribution is 9.10. The molecule has 1 N–H and O–H groups in total. The molecule has 0 unspecified atom stereocenters. The van der Waals surface area contributed by atoms with Gasteiger partial charge in [-0.3, -0.25) is 15.0 Å². The number of rotatable bonds is 6. The van der Waals surface area contributed by atoms with Gasteiger partial charge in [-0.2, -0.15) is 0 Å². The summed E-state index contributed by atoms with van der Waals surface area (Å²) in [5, 5.41) is 22.5. The Kier molecular flexibility index (Phi) is 7.63. The first-order chi connectivity index (χ1) is 16.5. The molecule has 1 heterocycles. The van der Waals surface area contributed by atoms with Crippen LogP contribution in [0.1, 0.15) is 17.5 Å². The Morgan fingerprint density at radius 2 is 1.56 bits per heavy atom. The van der Waals surface area contributed by atoms with Gasteiger partial charge in [-0.05, 0) is 23.8 Å². The molecule has 6 nitrogen and oxygen atoms in total. The van der Waals surface area contributed by atoms with Crippen LogP contribution in [0.5, 0.6) is 0 Å². The first-order valence-electron chi connectivity index (χ1n) is 11.2. The quantitative estimate of drug-likeness (QED) is 0.287. The monoisotopic (exact) mass is 519 g/mol. The summed E-state index contributed by atoms with van der Waals surface area (Å²) in [6.07, 6.45) is 0.294. The lowest BCUT2D eigenvalue weighted by Gasteiger charge is -2.35. The Balaban J connectivity index is 1.38. The summed E-state index contributed by atoms with van der Waals surface area (Å²) >= 11 is 3.58. The Bertz CT molecular complexity index is 1180. The Morgan fingerprint density at radius 1 is 0.912 bits per heavy atom. The maximum Gasteiger partial charge on any atom is 0.269 e. The number of halogens is 1. The van der Waals surface area contributed by atoms with E-state index in [-0.39, 0.29) is 10.6 Å². The molecule has 0 radical (unpaired) electrons. The molecular formula is C27H26BrN3O3. The highest BCUT2D eigenvalue weighted by Gasteiger charge is 2.32. The van der Waals surface area contributed by atoms with Gasteiger partial charge < -0.3 is 10.0 Å². The fourth-order valence-corrected chi connectivity index (χ4v) is 4.78. The predicted octanol–water partition coefficient (Wildman–Crippen LogP) is 4.81. The molecule has 34 heavy (non-hydrogen) atoms. The fourth-order valence-electron chi connectivity index (χ4n) is 4.17. The molecule has 7 heteroatoms. The Labute approximate surface area is 208 Å². The summed E-state index contributed by atoms with van der Waals surface area (Å²) < 4.78 is 0.852. The van der Waals surface area contributed by atoms with Crippen molar-refractivity contribution in [3.8, 4) is 11.8 Å². The predicted molar refractivity (Wildman–Crippen MR) is 138 cm³/mol. The van der Waals surface area contributed by atoms with E-state index in [1.807, 2.05) is 54.6 Å². The molecule has 1 fully saturated rings. The van der Waals surface area contributed by atoms with Crippen LogP contribution in [0.3, 0.4) is 0 Å². The molecule has 0 bridgehead atoms. The van der Waals surface area contributed by atoms with E-state index in [9.17, 15) is 15.2 Å². The van der Waals surface area contributed by atoms with Crippen LogP contribution in [0.4, 0.5) is 11.4 Å². The van der Waals surface area contributed by atoms with Crippen molar-refractivity contribution in [2.75, 3.05) is 37.6 Å². The van der Waals surface area contributed by atoms with Crippen molar-refractivity contribution in [2.24, 2.45) is 0 Å². The molecule has 0 aliphatic carbocycles. The van der Waals surface area contributed by atoms with E-state index in [1.54, 1.807) is 24.3 Å². The minimum Gasteiger partial charge on any atom is -0.379 e. The van der Waals surface area contributed by atoms with E-state index in [4.69, 9.17) is 0 Å². The van der Waals surface area contributed by atoms with Crippen molar-refractivity contribution in [3.63, 3.8) is 0 Å². The number of piperazine rings is 1. The molecule has 0 aromatic heterocycles. The van der Waals surface area contributed by atoms with Crippen LogP contribution in [0.25, 0.3) is 0 Å². The van der Waals surface area contributed by atoms with Crippen LogP contribution < -0.4 is 4.90 Å². The molecule has 1 aliphatic rings. The zero-order chi connectivity index (χ0) is 24.0. The van der Waals surface area contributed by atoms with Crippen LogP contribution in [0, 0.1) is 22.0 Å². The largest absolute Gasteiger partial charge is 0.379 e. The van der Waals surface area contributed by atoms with Crippen LogP contribution in [0.2, 0.25) is 0 Å². The number of aliphatic hydroxyl groups is 1. The van der Waals surface area contributed by atoms with E-state index in [2.05, 4.69) is 37.6 Å². The first kappa shape index (κ1) is 24.0. The van der Waals surface area contributed by atoms with Crippen LogP contribution >= 0.6 is 15.9 Å². The maximum atomic E-state index is 11.7. The van der Waals surface area contributed by atoms with E-state index in [1.165, 1.54) is 0 Å². The second-order valence-electron chi connectivity index (χ2n) is 8.27. The third-order valence-corrected chi connectivity index (χ3v) is 6.83. The normalized spacial score (nSPS) is 15.8. The lowest BCUT2D eigenvalue weighted by Crippen LogP contribution is -2.46. The third kappa shape index (κ3) is 5.48. The maximum absolute atomic E-state index is 11.7. The minimum atomic E-state index is -1.21. The van der Waals surface area contributed by atoms with Gasteiger partial charge in [0.25, 0.3) is 5.69 Å². The smallest absolute Gasteiger partial charge is 0.269 e. The molecule has 174 valence electrons. The standard InChI is InChI=1S/C27H26BrN3O3/c28-26-11-5-4-10-25(26)27(32,22-8-2-1-3-9-22)16-6-7-17-29-18-20-30(21-19-29)23-12-14-24(15-13-23)31(33)34/h1-5,8-15,32H,16-21H2/t27-/m1/s1. The van der Waals surface area contributed by atoms with E-state index in [0.717, 1.165) is 47.5 Å². The SMILES string of the molecule is O=[N+]([O-])c1ccc(N2CCN(CC#CC[C@@](O)(c3ccccc3)c3ccccc3Br)CC2)cc1. The molecule has 0 spiro atoms. The molecular weight excluding hydrogens is 494 g/mol. The number of non-ortho nitro benzene ring substituents is 1. The van der Waals surface area contributed by atoms with Gasteiger partial charge >= 0.3 is 0 Å². The Morgan fingerprint density at radius 3 is 2.21 bits per heavy atom. The van der Waals surface area contributed by atoms with Gasteiger partial charge in [-0.15, -0.1) is 0 Å². The second kappa shape index (κ2) is 10.8. The number of hydrogen-bond acceptors (Lipinski definition) is 5. The van der Waals surface area contributed by atoms with Gasteiger partial charge in [0.2, 0.25) is 0 Å². The van der Waals surface area contributed by atoms with Gasteiger partial charge in [0.1, 0.15) is 5.60 Å². The van der Waals surface area contributed by atoms with Crippen molar-refractivity contribution in [1.82, 2.24) is 4.90 Å². The average molecular weight is 520 g/mol. The number of hydrogen-bond donors (Lipinski definition) is 1. The summed E-state index contributed by atoms with van der Waals surface area (Å²) in [6, 6.07) is 24.1. The number of nitrogens with zero attached hydrogens (tertiary/aromatic N) is 3. The second-order valence-corrected chi connectivity index (χ2v) is 9.13. The molecule has 0 saturated carbocycles. The summed E-state index contributed by atoms with van der Waals surface area (Å²) in [7, 11) is 0. The van der Waals surface area contributed by atoms with Crippen molar-refractivity contribution < 1.29 is 10.0 Å². The van der Waals surface area contributed by atoms with E-state index < -0.39 is 5.60 Å². The Hall–Kier alpha value is -3.18. The molecule has 1 atom stereocenters. The summed E-state index contributed by atoms with van der Waals surface area (Å²) in [5.74, 6) is 6.47. The number of benzene rings is 3.